The summed E-state index contributed by atoms with van der Waals surface area (Å²) < 4.78 is 1.57. The van der Waals surface area contributed by atoms with E-state index in [-0.39, 0.29) is 5.70 Å². The number of anilines is 2. The average Bonchev–Trinajstić information content (AvgIpc) is 3.34. The SMILES string of the molecule is O=C1NC(=O)/C(=C/c2cnn3c(NC4CC4)nc(NCc4cc(Cl)cc(Cl)c4)nc23)N1. The van der Waals surface area contributed by atoms with Crippen LogP contribution in [0.15, 0.2) is 30.1 Å². The zero-order valence-corrected chi connectivity index (χ0v) is 17.5. The van der Waals surface area contributed by atoms with Crippen molar-refractivity contribution >= 4 is 58.8 Å². The van der Waals surface area contributed by atoms with Crippen molar-refractivity contribution in [1.29, 1.82) is 0 Å². The number of hydrogen-bond donors (Lipinski definition) is 4. The molecule has 3 amide bonds. The predicted octanol–water partition coefficient (Wildman–Crippen LogP) is 2.80. The van der Waals surface area contributed by atoms with Crippen LogP contribution >= 0.6 is 23.2 Å². The van der Waals surface area contributed by atoms with Gasteiger partial charge in [0.25, 0.3) is 5.91 Å². The Labute approximate surface area is 186 Å². The van der Waals surface area contributed by atoms with E-state index in [1.807, 2.05) is 0 Å². The van der Waals surface area contributed by atoms with Crippen LogP contribution in [-0.4, -0.2) is 37.6 Å². The first-order valence-corrected chi connectivity index (χ1v) is 10.3. The standard InChI is InChI=1S/C19H16Cl2N8O2/c20-11-3-9(4-12(21)6-11)7-22-17-26-15-10(5-14-16(30)27-19(31)25-14)8-23-29(15)18(28-17)24-13-1-2-13/h3-6,8,13H,1-2,7H2,(H2,22,24,26,28)(H2,25,27,30,31)/b14-5-. The van der Waals surface area contributed by atoms with Crippen molar-refractivity contribution in [3.63, 3.8) is 0 Å². The van der Waals surface area contributed by atoms with E-state index in [4.69, 9.17) is 23.2 Å². The molecule has 0 spiro atoms. The van der Waals surface area contributed by atoms with Crippen LogP contribution in [0.1, 0.15) is 24.0 Å². The third kappa shape index (κ3) is 4.25. The van der Waals surface area contributed by atoms with Gasteiger partial charge in [-0.15, -0.1) is 0 Å². The van der Waals surface area contributed by atoms with E-state index in [9.17, 15) is 9.59 Å². The van der Waals surface area contributed by atoms with Crippen LogP contribution in [0.5, 0.6) is 0 Å². The summed E-state index contributed by atoms with van der Waals surface area (Å²) in [6.07, 6.45) is 5.20. The molecule has 0 radical (unpaired) electrons. The summed E-state index contributed by atoms with van der Waals surface area (Å²) in [7, 11) is 0. The topological polar surface area (TPSA) is 125 Å². The molecular weight excluding hydrogens is 443 g/mol. The highest BCUT2D eigenvalue weighted by Crippen LogP contribution is 2.26. The fourth-order valence-electron chi connectivity index (χ4n) is 3.11. The Hall–Kier alpha value is -3.37. The predicted molar refractivity (Wildman–Crippen MR) is 116 cm³/mol. The molecule has 2 aromatic heterocycles. The second kappa shape index (κ2) is 7.71. The molecule has 1 aliphatic carbocycles. The summed E-state index contributed by atoms with van der Waals surface area (Å²) in [5.74, 6) is 0.390. The van der Waals surface area contributed by atoms with Gasteiger partial charge in [-0.2, -0.15) is 19.6 Å². The summed E-state index contributed by atoms with van der Waals surface area (Å²) >= 11 is 12.1. The molecule has 2 fully saturated rings. The molecule has 0 unspecified atom stereocenters. The minimum Gasteiger partial charge on any atom is -0.351 e. The van der Waals surface area contributed by atoms with Gasteiger partial charge < -0.3 is 16.0 Å². The largest absolute Gasteiger partial charge is 0.351 e. The maximum Gasteiger partial charge on any atom is 0.326 e. The summed E-state index contributed by atoms with van der Waals surface area (Å²) in [5.41, 5.74) is 2.03. The van der Waals surface area contributed by atoms with Gasteiger partial charge in [0.15, 0.2) is 5.65 Å². The van der Waals surface area contributed by atoms with E-state index in [0.29, 0.717) is 45.7 Å². The Morgan fingerprint density at radius 3 is 2.58 bits per heavy atom. The maximum atomic E-state index is 11.9. The van der Waals surface area contributed by atoms with Crippen LogP contribution in [-0.2, 0) is 11.3 Å². The van der Waals surface area contributed by atoms with Gasteiger partial charge in [-0.25, -0.2) is 4.79 Å². The number of aromatic nitrogens is 4. The minimum atomic E-state index is -0.569. The van der Waals surface area contributed by atoms with Gasteiger partial charge in [0, 0.05) is 28.2 Å². The number of rotatable bonds is 6. The van der Waals surface area contributed by atoms with Crippen LogP contribution in [0.4, 0.5) is 16.7 Å². The Morgan fingerprint density at radius 2 is 1.90 bits per heavy atom. The molecule has 1 aromatic carbocycles. The van der Waals surface area contributed by atoms with Gasteiger partial charge in [-0.1, -0.05) is 23.2 Å². The lowest BCUT2D eigenvalue weighted by Gasteiger charge is -2.10. The number of benzene rings is 1. The summed E-state index contributed by atoms with van der Waals surface area (Å²) in [4.78, 5) is 32.4. The molecule has 12 heteroatoms. The fraction of sp³-hybridized carbons (Fsp3) is 0.211. The monoisotopic (exact) mass is 458 g/mol. The minimum absolute atomic E-state index is 0.123. The third-order valence-electron chi connectivity index (χ3n) is 4.70. The van der Waals surface area contributed by atoms with Gasteiger partial charge in [0.05, 0.1) is 6.20 Å². The van der Waals surface area contributed by atoms with Crippen molar-refractivity contribution in [2.24, 2.45) is 0 Å². The molecular formula is C19H16Cl2N8O2. The molecule has 4 N–H and O–H groups in total. The van der Waals surface area contributed by atoms with Gasteiger partial charge >= 0.3 is 6.03 Å². The number of carbonyl (C=O) groups is 2. The van der Waals surface area contributed by atoms with Crippen molar-refractivity contribution in [2.45, 2.75) is 25.4 Å². The van der Waals surface area contributed by atoms with Crippen molar-refractivity contribution in [3.8, 4) is 0 Å². The molecule has 2 aliphatic rings. The molecule has 3 heterocycles. The van der Waals surface area contributed by atoms with E-state index in [2.05, 4.69) is 36.3 Å². The lowest BCUT2D eigenvalue weighted by atomic mass is 10.2. The highest BCUT2D eigenvalue weighted by molar-refractivity contribution is 6.34. The number of nitrogens with zero attached hydrogens (tertiary/aromatic N) is 4. The van der Waals surface area contributed by atoms with Gasteiger partial charge in [-0.05, 0) is 42.7 Å². The zero-order chi connectivity index (χ0) is 21.5. The number of amides is 3. The second-order valence-electron chi connectivity index (χ2n) is 7.22. The van der Waals surface area contributed by atoms with Gasteiger partial charge in [0.1, 0.15) is 5.70 Å². The van der Waals surface area contributed by atoms with Gasteiger partial charge in [-0.3, -0.25) is 10.1 Å². The quantitative estimate of drug-likeness (QED) is 0.330. The van der Waals surface area contributed by atoms with E-state index < -0.39 is 11.9 Å². The normalized spacial score (nSPS) is 17.2. The van der Waals surface area contributed by atoms with Crippen molar-refractivity contribution < 1.29 is 9.59 Å². The maximum absolute atomic E-state index is 11.9. The molecule has 0 atom stereocenters. The van der Waals surface area contributed by atoms with Crippen molar-refractivity contribution in [3.05, 3.63) is 51.3 Å². The molecule has 158 valence electrons. The number of halogens is 2. The average molecular weight is 459 g/mol. The smallest absolute Gasteiger partial charge is 0.326 e. The second-order valence-corrected chi connectivity index (χ2v) is 8.10. The Morgan fingerprint density at radius 1 is 1.13 bits per heavy atom. The highest BCUT2D eigenvalue weighted by atomic mass is 35.5. The lowest BCUT2D eigenvalue weighted by molar-refractivity contribution is -0.115. The molecule has 1 aliphatic heterocycles. The lowest BCUT2D eigenvalue weighted by Crippen LogP contribution is -2.22. The first kappa shape index (κ1) is 19.6. The van der Waals surface area contributed by atoms with Gasteiger partial charge in [0.2, 0.25) is 11.9 Å². The Kier molecular flexibility index (Phi) is 4.87. The number of hydrogen-bond acceptors (Lipinski definition) is 7. The van der Waals surface area contributed by atoms with E-state index in [1.165, 1.54) is 6.08 Å². The Balaban J connectivity index is 1.49. The molecule has 5 rings (SSSR count). The first-order valence-electron chi connectivity index (χ1n) is 9.50. The van der Waals surface area contributed by atoms with Crippen LogP contribution in [0.2, 0.25) is 10.0 Å². The number of imide groups is 1. The highest BCUT2D eigenvalue weighted by Gasteiger charge is 2.26. The van der Waals surface area contributed by atoms with Crippen LogP contribution < -0.4 is 21.3 Å². The number of carbonyl (C=O) groups excluding carboxylic acids is 2. The van der Waals surface area contributed by atoms with Crippen molar-refractivity contribution in [1.82, 2.24) is 30.2 Å². The van der Waals surface area contributed by atoms with Crippen LogP contribution in [0, 0.1) is 0 Å². The van der Waals surface area contributed by atoms with E-state index in [0.717, 1.165) is 18.4 Å². The molecule has 0 bridgehead atoms. The summed E-state index contributed by atoms with van der Waals surface area (Å²) in [6, 6.07) is 5.04. The van der Waals surface area contributed by atoms with Crippen LogP contribution in [0.25, 0.3) is 11.7 Å². The fourth-order valence-corrected chi connectivity index (χ4v) is 3.68. The molecule has 1 saturated heterocycles. The van der Waals surface area contributed by atoms with E-state index in [1.54, 1.807) is 28.9 Å². The van der Waals surface area contributed by atoms with Crippen molar-refractivity contribution in [2.75, 3.05) is 10.6 Å². The molecule has 3 aromatic rings. The summed E-state index contributed by atoms with van der Waals surface area (Å²) in [6.45, 7) is 0.405. The summed E-state index contributed by atoms with van der Waals surface area (Å²) in [5, 5.41) is 16.6. The number of nitrogens with one attached hydrogen (secondary N) is 4. The third-order valence-corrected chi connectivity index (χ3v) is 5.14. The number of fused-ring (bicyclic) bond motifs is 1. The first-order chi connectivity index (χ1) is 14.9. The van der Waals surface area contributed by atoms with Crippen LogP contribution in [0.3, 0.4) is 0 Å². The van der Waals surface area contributed by atoms with E-state index >= 15 is 0 Å². The molecule has 1 saturated carbocycles. The Bertz CT molecular complexity index is 1230. The number of urea groups is 1. The molecule has 10 nitrogen and oxygen atoms in total. The zero-order valence-electron chi connectivity index (χ0n) is 15.9. The molecule has 31 heavy (non-hydrogen) atoms.